The highest BCUT2D eigenvalue weighted by Crippen LogP contribution is 2.10. The number of aromatic nitrogens is 2. The first kappa shape index (κ1) is 13.1. The molecule has 2 aromatic rings. The minimum atomic E-state index is -0.140. The van der Waals surface area contributed by atoms with Gasteiger partial charge < -0.3 is 15.2 Å². The highest BCUT2D eigenvalue weighted by molar-refractivity contribution is 5.44. The molecule has 0 atom stereocenters. The van der Waals surface area contributed by atoms with E-state index in [1.54, 1.807) is 0 Å². The first-order valence-corrected chi connectivity index (χ1v) is 6.30. The summed E-state index contributed by atoms with van der Waals surface area (Å²) in [5, 5.41) is 3.13. The number of hydrogen-bond donors (Lipinski definition) is 2. The van der Waals surface area contributed by atoms with E-state index in [0.29, 0.717) is 5.82 Å². The standard InChI is InChI=1S/C14H18N4O/c1-18(12-6-3-2-4-7-12)9-5-8-15-13-10-14(19)17-11-16-13/h2-4,6-7,10-11H,5,8-9H2,1H3,(H2,15,16,17,19). The van der Waals surface area contributed by atoms with Gasteiger partial charge in [-0.15, -0.1) is 0 Å². The molecule has 0 aliphatic carbocycles. The summed E-state index contributed by atoms with van der Waals surface area (Å²) in [5.41, 5.74) is 1.07. The van der Waals surface area contributed by atoms with Gasteiger partial charge >= 0.3 is 0 Å². The van der Waals surface area contributed by atoms with Crippen LogP contribution in [0.1, 0.15) is 6.42 Å². The Morgan fingerprint density at radius 1 is 1.32 bits per heavy atom. The van der Waals surface area contributed by atoms with Crippen LogP contribution >= 0.6 is 0 Å². The van der Waals surface area contributed by atoms with Crippen molar-refractivity contribution in [3.8, 4) is 0 Å². The zero-order chi connectivity index (χ0) is 13.5. The molecule has 2 rings (SSSR count). The molecule has 0 fully saturated rings. The number of aromatic amines is 1. The Kier molecular flexibility index (Phi) is 4.55. The van der Waals surface area contributed by atoms with E-state index in [1.165, 1.54) is 18.1 Å². The molecule has 100 valence electrons. The summed E-state index contributed by atoms with van der Waals surface area (Å²) in [5.74, 6) is 0.617. The van der Waals surface area contributed by atoms with E-state index in [4.69, 9.17) is 0 Å². The molecule has 0 unspecified atom stereocenters. The minimum absolute atomic E-state index is 0.140. The van der Waals surface area contributed by atoms with Gasteiger partial charge in [-0.25, -0.2) is 4.98 Å². The molecule has 0 saturated heterocycles. The summed E-state index contributed by atoms with van der Waals surface area (Å²) in [6.45, 7) is 1.73. The number of rotatable bonds is 6. The summed E-state index contributed by atoms with van der Waals surface area (Å²) in [4.78, 5) is 19.8. The smallest absolute Gasteiger partial charge is 0.252 e. The third-order valence-corrected chi connectivity index (χ3v) is 2.85. The quantitative estimate of drug-likeness (QED) is 0.774. The van der Waals surface area contributed by atoms with Gasteiger partial charge in [-0.05, 0) is 18.6 Å². The molecule has 1 aromatic carbocycles. The highest BCUT2D eigenvalue weighted by atomic mass is 16.1. The van der Waals surface area contributed by atoms with Crippen LogP contribution < -0.4 is 15.8 Å². The van der Waals surface area contributed by atoms with Gasteiger partial charge in [-0.2, -0.15) is 0 Å². The average molecular weight is 258 g/mol. The Labute approximate surface area is 112 Å². The van der Waals surface area contributed by atoms with E-state index in [-0.39, 0.29) is 5.56 Å². The number of para-hydroxylation sites is 1. The van der Waals surface area contributed by atoms with Crippen LogP contribution in [0.2, 0.25) is 0 Å². The lowest BCUT2D eigenvalue weighted by Crippen LogP contribution is -2.21. The Bertz CT molecular complexity index is 553. The molecule has 0 aliphatic rings. The number of H-pyrrole nitrogens is 1. The summed E-state index contributed by atoms with van der Waals surface area (Å²) in [6, 6.07) is 11.7. The normalized spacial score (nSPS) is 10.2. The lowest BCUT2D eigenvalue weighted by atomic mass is 10.3. The van der Waals surface area contributed by atoms with Crippen LogP contribution in [0.4, 0.5) is 11.5 Å². The Balaban J connectivity index is 1.74. The predicted octanol–water partition coefficient (Wildman–Crippen LogP) is 1.71. The fourth-order valence-electron chi connectivity index (χ4n) is 1.81. The Morgan fingerprint density at radius 2 is 2.11 bits per heavy atom. The number of benzene rings is 1. The maximum atomic E-state index is 11.1. The topological polar surface area (TPSA) is 61.0 Å². The number of hydrogen-bond acceptors (Lipinski definition) is 4. The SMILES string of the molecule is CN(CCCNc1cc(=O)[nH]cn1)c1ccccc1. The third-order valence-electron chi connectivity index (χ3n) is 2.85. The third kappa shape index (κ3) is 4.13. The lowest BCUT2D eigenvalue weighted by Gasteiger charge is -2.19. The van der Waals surface area contributed by atoms with Crippen molar-refractivity contribution in [2.75, 3.05) is 30.4 Å². The van der Waals surface area contributed by atoms with Crippen molar-refractivity contribution in [3.63, 3.8) is 0 Å². The second-order valence-electron chi connectivity index (χ2n) is 4.33. The second kappa shape index (κ2) is 6.58. The van der Waals surface area contributed by atoms with Crippen LogP contribution in [0.5, 0.6) is 0 Å². The molecular formula is C14H18N4O. The molecule has 19 heavy (non-hydrogen) atoms. The monoisotopic (exact) mass is 258 g/mol. The van der Waals surface area contributed by atoms with E-state index in [0.717, 1.165) is 19.5 Å². The van der Waals surface area contributed by atoms with Crippen LogP contribution in [0.25, 0.3) is 0 Å². The van der Waals surface area contributed by atoms with E-state index in [2.05, 4.69) is 39.4 Å². The van der Waals surface area contributed by atoms with Gasteiger partial charge in [0.1, 0.15) is 5.82 Å². The maximum absolute atomic E-state index is 11.1. The fourth-order valence-corrected chi connectivity index (χ4v) is 1.81. The second-order valence-corrected chi connectivity index (χ2v) is 4.33. The highest BCUT2D eigenvalue weighted by Gasteiger charge is 1.99. The van der Waals surface area contributed by atoms with Crippen molar-refractivity contribution in [3.05, 3.63) is 53.1 Å². The van der Waals surface area contributed by atoms with Gasteiger partial charge in [-0.3, -0.25) is 4.79 Å². The average Bonchev–Trinajstić information content (AvgIpc) is 2.44. The number of anilines is 2. The summed E-state index contributed by atoms with van der Waals surface area (Å²) < 4.78 is 0. The summed E-state index contributed by atoms with van der Waals surface area (Å²) in [7, 11) is 2.07. The minimum Gasteiger partial charge on any atom is -0.375 e. The van der Waals surface area contributed by atoms with Crippen LogP contribution in [0, 0.1) is 0 Å². The zero-order valence-corrected chi connectivity index (χ0v) is 11.0. The van der Waals surface area contributed by atoms with Crippen molar-refractivity contribution in [2.24, 2.45) is 0 Å². The molecule has 1 heterocycles. The van der Waals surface area contributed by atoms with E-state index in [1.807, 2.05) is 18.2 Å². The molecular weight excluding hydrogens is 240 g/mol. The van der Waals surface area contributed by atoms with E-state index >= 15 is 0 Å². The molecule has 0 radical (unpaired) electrons. The first-order valence-electron chi connectivity index (χ1n) is 6.30. The van der Waals surface area contributed by atoms with Gasteiger partial charge in [0.05, 0.1) is 6.33 Å². The molecule has 0 spiro atoms. The van der Waals surface area contributed by atoms with Gasteiger partial charge in [-0.1, -0.05) is 18.2 Å². The van der Waals surface area contributed by atoms with Crippen molar-refractivity contribution in [2.45, 2.75) is 6.42 Å². The van der Waals surface area contributed by atoms with Crippen molar-refractivity contribution in [1.29, 1.82) is 0 Å². The van der Waals surface area contributed by atoms with Crippen molar-refractivity contribution >= 4 is 11.5 Å². The van der Waals surface area contributed by atoms with Crippen LogP contribution in [-0.4, -0.2) is 30.1 Å². The van der Waals surface area contributed by atoms with Gasteiger partial charge in [0.2, 0.25) is 0 Å². The lowest BCUT2D eigenvalue weighted by molar-refractivity contribution is 0.813. The van der Waals surface area contributed by atoms with E-state index < -0.39 is 0 Å². The van der Waals surface area contributed by atoms with Crippen LogP contribution in [0.3, 0.4) is 0 Å². The summed E-state index contributed by atoms with van der Waals surface area (Å²) >= 11 is 0. The fraction of sp³-hybridized carbons (Fsp3) is 0.286. The largest absolute Gasteiger partial charge is 0.375 e. The van der Waals surface area contributed by atoms with Gasteiger partial charge in [0.15, 0.2) is 0 Å². The molecule has 0 amide bonds. The van der Waals surface area contributed by atoms with Gasteiger partial charge in [0, 0.05) is 31.9 Å². The number of nitrogens with zero attached hydrogens (tertiary/aromatic N) is 2. The predicted molar refractivity (Wildman–Crippen MR) is 77.7 cm³/mol. The van der Waals surface area contributed by atoms with Crippen LogP contribution in [0.15, 0.2) is 47.5 Å². The van der Waals surface area contributed by atoms with Gasteiger partial charge in [0.25, 0.3) is 5.56 Å². The van der Waals surface area contributed by atoms with Crippen molar-refractivity contribution in [1.82, 2.24) is 9.97 Å². The first-order chi connectivity index (χ1) is 9.25. The van der Waals surface area contributed by atoms with E-state index in [9.17, 15) is 4.79 Å². The van der Waals surface area contributed by atoms with Crippen LogP contribution in [-0.2, 0) is 0 Å². The summed E-state index contributed by atoms with van der Waals surface area (Å²) in [6.07, 6.45) is 2.38. The molecule has 5 heteroatoms. The Morgan fingerprint density at radius 3 is 2.84 bits per heavy atom. The van der Waals surface area contributed by atoms with Crippen molar-refractivity contribution < 1.29 is 0 Å². The Hall–Kier alpha value is -2.30. The molecule has 1 aromatic heterocycles. The maximum Gasteiger partial charge on any atom is 0.252 e. The molecule has 2 N–H and O–H groups in total. The molecule has 0 bridgehead atoms. The molecule has 0 saturated carbocycles. The number of nitrogens with one attached hydrogen (secondary N) is 2. The molecule has 5 nitrogen and oxygen atoms in total. The zero-order valence-electron chi connectivity index (χ0n) is 11.0. The molecule has 0 aliphatic heterocycles.